The molecule has 0 unspecified atom stereocenters. The first-order valence-corrected chi connectivity index (χ1v) is 6.87. The summed E-state index contributed by atoms with van der Waals surface area (Å²) < 4.78 is 23.7. The molecule has 1 aliphatic rings. The molecule has 2 aromatic rings. The van der Waals surface area contributed by atoms with Crippen molar-refractivity contribution in [3.63, 3.8) is 0 Å². The minimum atomic E-state index is -0.625. The summed E-state index contributed by atoms with van der Waals surface area (Å²) in [6.45, 7) is 0.349. The Morgan fingerprint density at radius 2 is 2.32 bits per heavy atom. The van der Waals surface area contributed by atoms with Crippen LogP contribution in [-0.2, 0) is 17.8 Å². The zero-order chi connectivity index (χ0) is 15.5. The number of amides is 1. The van der Waals surface area contributed by atoms with Crippen molar-refractivity contribution in [1.82, 2.24) is 10.3 Å². The van der Waals surface area contributed by atoms with Gasteiger partial charge in [0, 0.05) is 30.8 Å². The van der Waals surface area contributed by atoms with Gasteiger partial charge in [0.15, 0.2) is 6.10 Å². The van der Waals surface area contributed by atoms with Gasteiger partial charge >= 0.3 is 0 Å². The quantitative estimate of drug-likeness (QED) is 0.936. The number of benzene rings is 1. The van der Waals surface area contributed by atoms with Gasteiger partial charge in [0.1, 0.15) is 11.6 Å². The summed E-state index contributed by atoms with van der Waals surface area (Å²) >= 11 is 0. The number of nitrogens with one attached hydrogen (secondary N) is 1. The summed E-state index contributed by atoms with van der Waals surface area (Å²) in [5, 5.41) is 2.80. The molecular formula is C16H15FN2O3. The van der Waals surface area contributed by atoms with E-state index in [2.05, 4.69) is 10.3 Å². The van der Waals surface area contributed by atoms with E-state index in [1.54, 1.807) is 24.4 Å². The number of ether oxygens (including phenoxy) is 2. The smallest absolute Gasteiger partial charge is 0.261 e. The Morgan fingerprint density at radius 1 is 1.45 bits per heavy atom. The molecule has 6 heteroatoms. The Hall–Kier alpha value is -2.63. The lowest BCUT2D eigenvalue weighted by Gasteiger charge is -2.11. The van der Waals surface area contributed by atoms with Crippen LogP contribution in [0.1, 0.15) is 11.1 Å². The zero-order valence-corrected chi connectivity index (χ0v) is 12.0. The van der Waals surface area contributed by atoms with Crippen LogP contribution < -0.4 is 14.8 Å². The number of nitrogens with zero attached hydrogens (tertiary/aromatic N) is 1. The molecule has 0 aliphatic carbocycles. The van der Waals surface area contributed by atoms with Gasteiger partial charge in [-0.15, -0.1) is 0 Å². The van der Waals surface area contributed by atoms with Gasteiger partial charge in [0.25, 0.3) is 5.91 Å². The van der Waals surface area contributed by atoms with Gasteiger partial charge in [-0.2, -0.15) is 0 Å². The average molecular weight is 302 g/mol. The Balaban J connectivity index is 1.59. The maximum Gasteiger partial charge on any atom is 0.261 e. The van der Waals surface area contributed by atoms with E-state index in [1.165, 1.54) is 19.2 Å². The van der Waals surface area contributed by atoms with Crippen LogP contribution in [0, 0.1) is 5.82 Å². The largest absolute Gasteiger partial charge is 0.481 e. The fraction of sp³-hybridized carbons (Fsp3) is 0.250. The molecule has 1 aliphatic heterocycles. The second-order valence-electron chi connectivity index (χ2n) is 4.99. The maximum absolute atomic E-state index is 13.2. The number of aromatic nitrogens is 1. The second-order valence-corrected chi connectivity index (χ2v) is 4.99. The van der Waals surface area contributed by atoms with E-state index < -0.39 is 6.10 Å². The number of methoxy groups -OCH3 is 1. The number of hydrogen-bond acceptors (Lipinski definition) is 4. The number of fused-ring (bicyclic) bond motifs is 1. The predicted molar refractivity (Wildman–Crippen MR) is 77.2 cm³/mol. The van der Waals surface area contributed by atoms with Crippen molar-refractivity contribution in [3.8, 4) is 11.6 Å². The van der Waals surface area contributed by atoms with Crippen molar-refractivity contribution in [3.05, 3.63) is 53.5 Å². The lowest BCUT2D eigenvalue weighted by atomic mass is 10.1. The summed E-state index contributed by atoms with van der Waals surface area (Å²) in [4.78, 5) is 16.2. The topological polar surface area (TPSA) is 60.5 Å². The van der Waals surface area contributed by atoms with Gasteiger partial charge in [-0.3, -0.25) is 4.79 Å². The van der Waals surface area contributed by atoms with E-state index in [0.29, 0.717) is 30.2 Å². The van der Waals surface area contributed by atoms with Gasteiger partial charge < -0.3 is 14.8 Å². The van der Waals surface area contributed by atoms with Crippen molar-refractivity contribution in [2.75, 3.05) is 7.11 Å². The highest BCUT2D eigenvalue weighted by Gasteiger charge is 2.29. The molecule has 2 heterocycles. The lowest BCUT2D eigenvalue weighted by Crippen LogP contribution is -2.37. The molecule has 0 bridgehead atoms. The van der Waals surface area contributed by atoms with E-state index in [-0.39, 0.29) is 11.7 Å². The normalized spacial score (nSPS) is 15.8. The summed E-state index contributed by atoms with van der Waals surface area (Å²) in [5.41, 5.74) is 1.59. The van der Waals surface area contributed by atoms with E-state index in [1.807, 2.05) is 0 Å². The molecule has 3 rings (SSSR count). The number of carbonyl (C=O) groups is 1. The molecular weight excluding hydrogens is 287 g/mol. The number of carbonyl (C=O) groups excluding carboxylic acids is 1. The molecule has 0 saturated heterocycles. The first kappa shape index (κ1) is 14.3. The van der Waals surface area contributed by atoms with Crippen molar-refractivity contribution in [1.29, 1.82) is 0 Å². The third kappa shape index (κ3) is 3.00. The molecule has 114 valence electrons. The van der Waals surface area contributed by atoms with Crippen LogP contribution in [0.15, 0.2) is 36.5 Å². The number of hydrogen-bond donors (Lipinski definition) is 1. The number of pyridine rings is 1. The Kier molecular flexibility index (Phi) is 3.91. The van der Waals surface area contributed by atoms with Gasteiger partial charge in [-0.1, -0.05) is 0 Å². The minimum Gasteiger partial charge on any atom is -0.481 e. The molecule has 0 radical (unpaired) electrons. The van der Waals surface area contributed by atoms with Crippen LogP contribution in [0.3, 0.4) is 0 Å². The molecule has 0 fully saturated rings. The van der Waals surface area contributed by atoms with Crippen molar-refractivity contribution < 1.29 is 18.7 Å². The van der Waals surface area contributed by atoms with E-state index in [4.69, 9.17) is 9.47 Å². The third-order valence-corrected chi connectivity index (χ3v) is 3.46. The Morgan fingerprint density at radius 3 is 3.14 bits per heavy atom. The first-order chi connectivity index (χ1) is 10.7. The van der Waals surface area contributed by atoms with E-state index in [0.717, 1.165) is 5.56 Å². The minimum absolute atomic E-state index is 0.229. The number of rotatable bonds is 4. The Bertz CT molecular complexity index is 706. The lowest BCUT2D eigenvalue weighted by molar-refractivity contribution is -0.127. The molecule has 1 amide bonds. The standard InChI is InChI=1S/C16H15FN2O3/c1-21-15-6-10(4-5-18-15)9-19-16(20)14-8-11-7-12(17)2-3-13(11)22-14/h2-7,14H,8-9H2,1H3,(H,19,20)/t14-/m1/s1. The third-order valence-electron chi connectivity index (χ3n) is 3.46. The van der Waals surface area contributed by atoms with Crippen LogP contribution in [0.5, 0.6) is 11.6 Å². The molecule has 1 aromatic heterocycles. The predicted octanol–water partition coefficient (Wildman–Crippen LogP) is 1.85. The molecule has 5 nitrogen and oxygen atoms in total. The summed E-state index contributed by atoms with van der Waals surface area (Å²) in [7, 11) is 1.54. The van der Waals surface area contributed by atoms with Crippen LogP contribution >= 0.6 is 0 Å². The van der Waals surface area contributed by atoms with Crippen molar-refractivity contribution >= 4 is 5.91 Å². The monoisotopic (exact) mass is 302 g/mol. The second kappa shape index (κ2) is 6.01. The molecule has 1 atom stereocenters. The number of halogens is 1. The molecule has 22 heavy (non-hydrogen) atoms. The highest BCUT2D eigenvalue weighted by molar-refractivity contribution is 5.82. The van der Waals surface area contributed by atoms with Gasteiger partial charge in [-0.25, -0.2) is 9.37 Å². The summed E-state index contributed by atoms with van der Waals surface area (Å²) in [6, 6.07) is 7.81. The highest BCUT2D eigenvalue weighted by atomic mass is 19.1. The van der Waals surface area contributed by atoms with Gasteiger partial charge in [0.05, 0.1) is 7.11 Å². The fourth-order valence-electron chi connectivity index (χ4n) is 2.34. The fourth-order valence-corrected chi connectivity index (χ4v) is 2.34. The van der Waals surface area contributed by atoms with E-state index >= 15 is 0 Å². The SMILES string of the molecule is COc1cc(CNC(=O)[C@H]2Cc3cc(F)ccc3O2)ccn1. The maximum atomic E-state index is 13.2. The molecule has 1 N–H and O–H groups in total. The van der Waals surface area contributed by atoms with Gasteiger partial charge in [0.2, 0.25) is 5.88 Å². The first-order valence-electron chi connectivity index (χ1n) is 6.87. The van der Waals surface area contributed by atoms with Gasteiger partial charge in [-0.05, 0) is 29.8 Å². The highest BCUT2D eigenvalue weighted by Crippen LogP contribution is 2.29. The van der Waals surface area contributed by atoms with Crippen LogP contribution in [0.25, 0.3) is 0 Å². The molecule has 0 saturated carbocycles. The van der Waals surface area contributed by atoms with Crippen molar-refractivity contribution in [2.24, 2.45) is 0 Å². The average Bonchev–Trinajstić information content (AvgIpc) is 2.96. The summed E-state index contributed by atoms with van der Waals surface area (Å²) in [5.74, 6) is 0.499. The molecule has 1 aromatic carbocycles. The van der Waals surface area contributed by atoms with E-state index in [9.17, 15) is 9.18 Å². The summed E-state index contributed by atoms with van der Waals surface area (Å²) in [6.07, 6.45) is 1.37. The van der Waals surface area contributed by atoms with Crippen LogP contribution in [-0.4, -0.2) is 24.1 Å². The Labute approximate surface area is 127 Å². The zero-order valence-electron chi connectivity index (χ0n) is 12.0. The van der Waals surface area contributed by atoms with Crippen LogP contribution in [0.2, 0.25) is 0 Å². The van der Waals surface area contributed by atoms with Crippen molar-refractivity contribution in [2.45, 2.75) is 19.1 Å². The van der Waals surface area contributed by atoms with Crippen LogP contribution in [0.4, 0.5) is 4.39 Å². The molecule has 0 spiro atoms.